The number of aromatic nitrogens is 1. The molecule has 3 aromatic rings. The molecule has 0 unspecified atom stereocenters. The van der Waals surface area contributed by atoms with Gasteiger partial charge in [-0.15, -0.1) is 0 Å². The topological polar surface area (TPSA) is 3.88 Å². The lowest BCUT2D eigenvalue weighted by molar-refractivity contribution is -0.659. The fourth-order valence-corrected chi connectivity index (χ4v) is 3.62. The van der Waals surface area contributed by atoms with E-state index in [9.17, 15) is 0 Å². The maximum absolute atomic E-state index is 2.36. The van der Waals surface area contributed by atoms with Crippen molar-refractivity contribution in [3.05, 3.63) is 65.4 Å². The number of fused-ring (bicyclic) bond motifs is 1. The second-order valence-electron chi connectivity index (χ2n) is 8.44. The van der Waals surface area contributed by atoms with Crippen LogP contribution in [0.15, 0.2) is 48.7 Å². The minimum atomic E-state index is 0.308. The van der Waals surface area contributed by atoms with E-state index in [-0.39, 0.29) is 0 Å². The first-order chi connectivity index (χ1) is 11.8. The van der Waals surface area contributed by atoms with Crippen LogP contribution < -0.4 is 4.57 Å². The van der Waals surface area contributed by atoms with Crippen LogP contribution in [0.1, 0.15) is 44.4 Å². The highest BCUT2D eigenvalue weighted by molar-refractivity contribution is 5.94. The summed E-state index contributed by atoms with van der Waals surface area (Å²) in [6, 6.07) is 16.1. The molecule has 1 nitrogen and oxygen atoms in total. The molecule has 0 aliphatic carbocycles. The van der Waals surface area contributed by atoms with E-state index in [0.29, 0.717) is 5.41 Å². The van der Waals surface area contributed by atoms with Crippen molar-refractivity contribution in [2.45, 2.75) is 47.5 Å². The number of aryl methyl sites for hydroxylation is 3. The normalized spacial score (nSPS) is 11.9. The third kappa shape index (κ3) is 3.76. The lowest BCUT2D eigenvalue weighted by Gasteiger charge is -2.18. The van der Waals surface area contributed by atoms with E-state index >= 15 is 0 Å². The van der Waals surface area contributed by atoms with Crippen molar-refractivity contribution in [2.24, 2.45) is 12.5 Å². The van der Waals surface area contributed by atoms with Gasteiger partial charge < -0.3 is 0 Å². The molecule has 0 aliphatic heterocycles. The third-order valence-corrected chi connectivity index (χ3v) is 4.90. The monoisotopic (exact) mass is 332 g/mol. The molecule has 25 heavy (non-hydrogen) atoms. The van der Waals surface area contributed by atoms with Gasteiger partial charge in [0.15, 0.2) is 6.20 Å². The lowest BCUT2D eigenvalue weighted by atomic mass is 9.87. The Balaban J connectivity index is 2.20. The Bertz CT molecular complexity index is 913. The standard InChI is InChI=1S/C24H30N/c1-7-18-9-8-17(2)22(15-18)23-21-11-10-19(16-24(3,4)5)14-20(21)12-13-25(23)6/h8-15H,7,16H2,1-6H3/q+1. The molecule has 1 aromatic heterocycles. The maximum atomic E-state index is 2.36. The fraction of sp³-hybridized carbons (Fsp3) is 0.375. The minimum absolute atomic E-state index is 0.308. The first-order valence-corrected chi connectivity index (χ1v) is 9.29. The van der Waals surface area contributed by atoms with E-state index in [1.54, 1.807) is 0 Å². The summed E-state index contributed by atoms with van der Waals surface area (Å²) in [7, 11) is 2.15. The number of nitrogens with zero attached hydrogens (tertiary/aromatic N) is 1. The Morgan fingerprint density at radius 3 is 2.32 bits per heavy atom. The predicted octanol–water partition coefficient (Wildman–Crippen LogP) is 5.79. The summed E-state index contributed by atoms with van der Waals surface area (Å²) in [5, 5.41) is 2.66. The summed E-state index contributed by atoms with van der Waals surface area (Å²) >= 11 is 0. The van der Waals surface area contributed by atoms with E-state index in [1.807, 2.05) is 0 Å². The van der Waals surface area contributed by atoms with Crippen LogP contribution in [0.4, 0.5) is 0 Å². The second-order valence-corrected chi connectivity index (χ2v) is 8.44. The SMILES string of the molecule is CCc1ccc(C)c(-c2c3ccc(CC(C)(C)C)cc3cc[n+]2C)c1. The van der Waals surface area contributed by atoms with E-state index in [1.165, 1.54) is 38.7 Å². The van der Waals surface area contributed by atoms with Crippen molar-refractivity contribution < 1.29 is 4.57 Å². The number of hydrogen-bond donors (Lipinski definition) is 0. The quantitative estimate of drug-likeness (QED) is 0.534. The molecule has 0 N–H and O–H groups in total. The first kappa shape index (κ1) is 17.7. The molecule has 3 rings (SSSR count). The smallest absolute Gasteiger partial charge is 0.200 e. The summed E-state index contributed by atoms with van der Waals surface area (Å²) < 4.78 is 2.26. The molecule has 0 radical (unpaired) electrons. The van der Waals surface area contributed by atoms with E-state index in [2.05, 4.69) is 94.9 Å². The van der Waals surface area contributed by atoms with Crippen LogP contribution in [-0.4, -0.2) is 0 Å². The van der Waals surface area contributed by atoms with Gasteiger partial charge in [-0.05, 0) is 59.4 Å². The molecular formula is C24H30N+. The molecule has 0 aliphatic rings. The summed E-state index contributed by atoms with van der Waals surface area (Å²) in [5.74, 6) is 0. The van der Waals surface area contributed by atoms with Crippen LogP contribution in [0.5, 0.6) is 0 Å². The van der Waals surface area contributed by atoms with Gasteiger partial charge in [-0.2, -0.15) is 0 Å². The molecule has 130 valence electrons. The summed E-state index contributed by atoms with van der Waals surface area (Å²) in [4.78, 5) is 0. The fourth-order valence-electron chi connectivity index (χ4n) is 3.62. The van der Waals surface area contributed by atoms with Crippen LogP contribution in [0.25, 0.3) is 22.0 Å². The second kappa shape index (κ2) is 6.63. The molecule has 2 aromatic carbocycles. The summed E-state index contributed by atoms with van der Waals surface area (Å²) in [6.07, 6.45) is 4.36. The average molecular weight is 333 g/mol. The Morgan fingerprint density at radius 1 is 0.920 bits per heavy atom. The molecule has 0 amide bonds. The summed E-state index contributed by atoms with van der Waals surface area (Å²) in [6.45, 7) is 11.3. The van der Waals surface area contributed by atoms with Gasteiger partial charge >= 0.3 is 0 Å². The van der Waals surface area contributed by atoms with Crippen LogP contribution in [-0.2, 0) is 19.9 Å². The van der Waals surface area contributed by atoms with Gasteiger partial charge in [0.05, 0.1) is 5.39 Å². The van der Waals surface area contributed by atoms with Crippen LogP contribution in [0.2, 0.25) is 0 Å². The molecule has 0 atom stereocenters. The molecule has 0 spiro atoms. The van der Waals surface area contributed by atoms with Crippen LogP contribution in [0.3, 0.4) is 0 Å². The van der Waals surface area contributed by atoms with Crippen molar-refractivity contribution in [2.75, 3.05) is 0 Å². The molecule has 1 heterocycles. The number of rotatable bonds is 3. The highest BCUT2D eigenvalue weighted by Gasteiger charge is 2.18. The number of pyridine rings is 1. The van der Waals surface area contributed by atoms with E-state index in [4.69, 9.17) is 0 Å². The van der Waals surface area contributed by atoms with Crippen LogP contribution >= 0.6 is 0 Å². The van der Waals surface area contributed by atoms with Crippen molar-refractivity contribution in [1.29, 1.82) is 0 Å². The maximum Gasteiger partial charge on any atom is 0.220 e. The Labute approximate surface area is 152 Å². The predicted molar refractivity (Wildman–Crippen MR) is 108 cm³/mol. The Hall–Kier alpha value is -2.15. The van der Waals surface area contributed by atoms with Crippen molar-refractivity contribution >= 4 is 10.8 Å². The van der Waals surface area contributed by atoms with Gasteiger partial charge in [-0.25, -0.2) is 4.57 Å². The largest absolute Gasteiger partial charge is 0.220 e. The molecule has 1 heteroatoms. The Morgan fingerprint density at radius 2 is 1.64 bits per heavy atom. The van der Waals surface area contributed by atoms with Crippen molar-refractivity contribution in [3.63, 3.8) is 0 Å². The van der Waals surface area contributed by atoms with Crippen molar-refractivity contribution in [3.8, 4) is 11.3 Å². The Kier molecular flexibility index (Phi) is 4.69. The van der Waals surface area contributed by atoms with Gasteiger partial charge in [0.25, 0.3) is 0 Å². The average Bonchev–Trinajstić information content (AvgIpc) is 2.54. The van der Waals surface area contributed by atoms with Gasteiger partial charge in [-0.1, -0.05) is 52.0 Å². The van der Waals surface area contributed by atoms with Gasteiger partial charge in [0.1, 0.15) is 7.05 Å². The molecule has 0 bridgehead atoms. The van der Waals surface area contributed by atoms with E-state index in [0.717, 1.165) is 12.8 Å². The van der Waals surface area contributed by atoms with Gasteiger partial charge in [0.2, 0.25) is 5.69 Å². The molecule has 0 saturated carbocycles. The highest BCUT2D eigenvalue weighted by Crippen LogP contribution is 2.30. The number of benzene rings is 2. The molecule has 0 fully saturated rings. The molecule has 0 saturated heterocycles. The van der Waals surface area contributed by atoms with E-state index < -0.39 is 0 Å². The van der Waals surface area contributed by atoms with Crippen LogP contribution in [0, 0.1) is 12.3 Å². The lowest BCUT2D eigenvalue weighted by Crippen LogP contribution is -2.30. The molecular weight excluding hydrogens is 302 g/mol. The third-order valence-electron chi connectivity index (χ3n) is 4.90. The minimum Gasteiger partial charge on any atom is -0.200 e. The zero-order valence-corrected chi connectivity index (χ0v) is 16.5. The summed E-state index contributed by atoms with van der Waals surface area (Å²) in [5.41, 5.74) is 7.10. The van der Waals surface area contributed by atoms with Crippen molar-refractivity contribution in [1.82, 2.24) is 0 Å². The highest BCUT2D eigenvalue weighted by atomic mass is 14.9. The number of hydrogen-bond acceptors (Lipinski definition) is 0. The zero-order valence-electron chi connectivity index (χ0n) is 16.5. The zero-order chi connectivity index (χ0) is 18.2. The van der Waals surface area contributed by atoms with Gasteiger partial charge in [-0.3, -0.25) is 0 Å². The van der Waals surface area contributed by atoms with Gasteiger partial charge in [0, 0.05) is 11.6 Å². The first-order valence-electron chi connectivity index (χ1n) is 9.29.